The van der Waals surface area contributed by atoms with Crippen LogP contribution >= 0.6 is 15.9 Å². The van der Waals surface area contributed by atoms with Crippen molar-refractivity contribution in [2.24, 2.45) is 0 Å². The van der Waals surface area contributed by atoms with Crippen LogP contribution in [0.1, 0.15) is 15.9 Å². The molecule has 142 valence electrons. The minimum Gasteiger partial charge on any atom is -0.376 e. The van der Waals surface area contributed by atoms with Gasteiger partial charge in [0.1, 0.15) is 0 Å². The smallest absolute Gasteiger partial charge is 0.251 e. The van der Waals surface area contributed by atoms with Crippen LogP contribution in [0.3, 0.4) is 0 Å². The molecule has 0 heterocycles. The molecule has 0 aliphatic carbocycles. The predicted molar refractivity (Wildman–Crippen MR) is 115 cm³/mol. The van der Waals surface area contributed by atoms with E-state index in [4.69, 9.17) is 0 Å². The van der Waals surface area contributed by atoms with E-state index in [1.165, 1.54) is 0 Å². The predicted octanol–water partition coefficient (Wildman–Crippen LogP) is 4.43. The van der Waals surface area contributed by atoms with Crippen molar-refractivity contribution >= 4 is 39.1 Å². The molecule has 3 N–H and O–H groups in total. The summed E-state index contributed by atoms with van der Waals surface area (Å²) in [4.78, 5) is 24.3. The van der Waals surface area contributed by atoms with Gasteiger partial charge in [-0.05, 0) is 48.0 Å². The van der Waals surface area contributed by atoms with Crippen LogP contribution in [-0.2, 0) is 11.3 Å². The maximum absolute atomic E-state index is 12.2. The fourth-order valence-electron chi connectivity index (χ4n) is 2.57. The monoisotopic (exact) mass is 437 g/mol. The number of halogens is 1. The van der Waals surface area contributed by atoms with Crippen LogP contribution < -0.4 is 16.0 Å². The average Bonchev–Trinajstić information content (AvgIpc) is 2.72. The second kappa shape index (κ2) is 9.71. The molecule has 0 unspecified atom stereocenters. The van der Waals surface area contributed by atoms with E-state index in [9.17, 15) is 9.59 Å². The van der Waals surface area contributed by atoms with Gasteiger partial charge in [0.25, 0.3) is 5.91 Å². The molecule has 28 heavy (non-hydrogen) atoms. The summed E-state index contributed by atoms with van der Waals surface area (Å²) in [6.07, 6.45) is 0. The highest BCUT2D eigenvalue weighted by molar-refractivity contribution is 9.10. The van der Waals surface area contributed by atoms with E-state index in [-0.39, 0.29) is 18.4 Å². The van der Waals surface area contributed by atoms with E-state index in [1.54, 1.807) is 24.3 Å². The summed E-state index contributed by atoms with van der Waals surface area (Å²) in [5.41, 5.74) is 3.08. The number of nitrogens with one attached hydrogen (secondary N) is 3. The lowest BCUT2D eigenvalue weighted by atomic mass is 10.1. The summed E-state index contributed by atoms with van der Waals surface area (Å²) in [5, 5.41) is 8.75. The van der Waals surface area contributed by atoms with Crippen LogP contribution in [0.15, 0.2) is 83.3 Å². The number of amides is 2. The van der Waals surface area contributed by atoms with E-state index in [2.05, 4.69) is 31.9 Å². The standard InChI is InChI=1S/C22H20BrN3O2/c23-18-7-4-8-20(13-18)24-15-21(27)26-19-11-9-17(10-12-19)22(28)25-14-16-5-2-1-3-6-16/h1-13,24H,14-15H2,(H,25,28)(H,26,27). The summed E-state index contributed by atoms with van der Waals surface area (Å²) in [7, 11) is 0. The Kier molecular flexibility index (Phi) is 6.81. The number of carbonyl (C=O) groups is 2. The van der Waals surface area contributed by atoms with Gasteiger partial charge >= 0.3 is 0 Å². The van der Waals surface area contributed by atoms with Gasteiger partial charge in [0.05, 0.1) is 6.54 Å². The Bertz CT molecular complexity index is 944. The van der Waals surface area contributed by atoms with Gasteiger partial charge in [-0.3, -0.25) is 9.59 Å². The molecule has 3 aromatic rings. The van der Waals surface area contributed by atoms with Crippen molar-refractivity contribution in [2.45, 2.75) is 6.54 Å². The van der Waals surface area contributed by atoms with Crippen molar-refractivity contribution in [3.63, 3.8) is 0 Å². The summed E-state index contributed by atoms with van der Waals surface area (Å²) in [5.74, 6) is -0.320. The van der Waals surface area contributed by atoms with Gasteiger partial charge in [0.2, 0.25) is 5.91 Å². The highest BCUT2D eigenvalue weighted by Gasteiger charge is 2.07. The van der Waals surface area contributed by atoms with Crippen molar-refractivity contribution in [1.29, 1.82) is 0 Å². The second-order valence-corrected chi connectivity index (χ2v) is 7.07. The van der Waals surface area contributed by atoms with Crippen LogP contribution in [0, 0.1) is 0 Å². The van der Waals surface area contributed by atoms with Gasteiger partial charge in [-0.2, -0.15) is 0 Å². The molecule has 0 aliphatic heterocycles. The van der Waals surface area contributed by atoms with E-state index in [0.717, 1.165) is 15.7 Å². The van der Waals surface area contributed by atoms with Gasteiger partial charge in [-0.25, -0.2) is 0 Å². The molecule has 2 amide bonds. The third-order valence-corrected chi connectivity index (χ3v) is 4.50. The Labute approximate surface area is 172 Å². The molecule has 0 bridgehead atoms. The molecule has 0 aromatic heterocycles. The quantitative estimate of drug-likeness (QED) is 0.511. The lowest BCUT2D eigenvalue weighted by Gasteiger charge is -2.09. The highest BCUT2D eigenvalue weighted by atomic mass is 79.9. The molecule has 3 aromatic carbocycles. The molecule has 0 aliphatic rings. The van der Waals surface area contributed by atoms with Crippen LogP contribution in [0.25, 0.3) is 0 Å². The molecule has 0 atom stereocenters. The van der Waals surface area contributed by atoms with Crippen LogP contribution in [-0.4, -0.2) is 18.4 Å². The van der Waals surface area contributed by atoms with Gasteiger partial charge in [-0.15, -0.1) is 0 Å². The fraction of sp³-hybridized carbons (Fsp3) is 0.0909. The maximum Gasteiger partial charge on any atom is 0.251 e. The summed E-state index contributed by atoms with van der Waals surface area (Å²) >= 11 is 3.39. The molecule has 0 saturated heterocycles. The van der Waals surface area contributed by atoms with Gasteiger partial charge < -0.3 is 16.0 Å². The van der Waals surface area contributed by atoms with E-state index in [0.29, 0.717) is 17.8 Å². The average molecular weight is 438 g/mol. The van der Waals surface area contributed by atoms with E-state index in [1.807, 2.05) is 54.6 Å². The molecule has 0 radical (unpaired) electrons. The molecule has 0 fully saturated rings. The molecule has 0 spiro atoms. The fourth-order valence-corrected chi connectivity index (χ4v) is 2.97. The van der Waals surface area contributed by atoms with Crippen molar-refractivity contribution in [3.8, 4) is 0 Å². The first-order chi connectivity index (χ1) is 13.6. The maximum atomic E-state index is 12.2. The van der Waals surface area contributed by atoms with E-state index < -0.39 is 0 Å². The first-order valence-electron chi connectivity index (χ1n) is 8.81. The van der Waals surface area contributed by atoms with Crippen molar-refractivity contribution in [2.75, 3.05) is 17.2 Å². The molecule has 3 rings (SSSR count). The lowest BCUT2D eigenvalue weighted by molar-refractivity contribution is -0.114. The zero-order valence-electron chi connectivity index (χ0n) is 15.1. The zero-order valence-corrected chi connectivity index (χ0v) is 16.7. The van der Waals surface area contributed by atoms with Crippen molar-refractivity contribution < 1.29 is 9.59 Å². The Hall–Kier alpha value is -3.12. The summed E-state index contributed by atoms with van der Waals surface area (Å²) < 4.78 is 0.944. The Morgan fingerprint density at radius 3 is 2.29 bits per heavy atom. The third kappa shape index (κ3) is 5.96. The lowest BCUT2D eigenvalue weighted by Crippen LogP contribution is -2.23. The third-order valence-electron chi connectivity index (χ3n) is 4.00. The van der Waals surface area contributed by atoms with Gasteiger partial charge in [-0.1, -0.05) is 52.3 Å². The molecule has 6 heteroatoms. The number of hydrogen-bond acceptors (Lipinski definition) is 3. The van der Waals surface area contributed by atoms with Gasteiger partial charge in [0.15, 0.2) is 0 Å². The van der Waals surface area contributed by atoms with E-state index >= 15 is 0 Å². The van der Waals surface area contributed by atoms with Crippen LogP contribution in [0.2, 0.25) is 0 Å². The highest BCUT2D eigenvalue weighted by Crippen LogP contribution is 2.15. The number of carbonyl (C=O) groups excluding carboxylic acids is 2. The number of hydrogen-bond donors (Lipinski definition) is 3. The number of anilines is 2. The van der Waals surface area contributed by atoms with Crippen molar-refractivity contribution in [1.82, 2.24) is 5.32 Å². The molecular formula is C22H20BrN3O2. The topological polar surface area (TPSA) is 70.2 Å². The summed E-state index contributed by atoms with van der Waals surface area (Å²) in [6.45, 7) is 0.620. The minimum absolute atomic E-state index is 0.149. The Morgan fingerprint density at radius 2 is 1.57 bits per heavy atom. The Balaban J connectivity index is 1.48. The first-order valence-corrected chi connectivity index (χ1v) is 9.61. The van der Waals surface area contributed by atoms with Crippen LogP contribution in [0.4, 0.5) is 11.4 Å². The number of benzene rings is 3. The molecule has 0 saturated carbocycles. The summed E-state index contributed by atoms with van der Waals surface area (Å²) in [6, 6.07) is 24.1. The molecule has 5 nitrogen and oxygen atoms in total. The first kappa shape index (κ1) is 19.6. The SMILES string of the molecule is O=C(CNc1cccc(Br)c1)Nc1ccc(C(=O)NCc2ccccc2)cc1. The zero-order chi connectivity index (χ0) is 19.8. The van der Waals surface area contributed by atoms with Gasteiger partial charge in [0, 0.05) is 28.0 Å². The van der Waals surface area contributed by atoms with Crippen molar-refractivity contribution in [3.05, 3.63) is 94.5 Å². The van der Waals surface area contributed by atoms with Crippen LogP contribution in [0.5, 0.6) is 0 Å². The molecular weight excluding hydrogens is 418 g/mol. The largest absolute Gasteiger partial charge is 0.376 e. The number of rotatable bonds is 7. The Morgan fingerprint density at radius 1 is 0.821 bits per heavy atom. The second-order valence-electron chi connectivity index (χ2n) is 6.16. The minimum atomic E-state index is -0.166. The normalized spacial score (nSPS) is 10.2.